The summed E-state index contributed by atoms with van der Waals surface area (Å²) in [5.41, 5.74) is 0.758. The predicted octanol–water partition coefficient (Wildman–Crippen LogP) is 4.27. The molecule has 0 aliphatic rings. The number of rotatable bonds is 9. The highest BCUT2D eigenvalue weighted by molar-refractivity contribution is 7.10. The van der Waals surface area contributed by atoms with Gasteiger partial charge in [0.15, 0.2) is 0 Å². The minimum Gasteiger partial charge on any atom is -0.349 e. The van der Waals surface area contributed by atoms with Crippen LogP contribution in [0.5, 0.6) is 0 Å². The Hall–Kier alpha value is -3.92. The maximum absolute atomic E-state index is 14.2. The van der Waals surface area contributed by atoms with Gasteiger partial charge in [-0.3, -0.25) is 9.59 Å². The summed E-state index contributed by atoms with van der Waals surface area (Å²) in [6, 6.07) is 18.8. The molecule has 0 saturated carbocycles. The Labute approximate surface area is 219 Å². The minimum atomic E-state index is -0.829. The molecule has 8 nitrogen and oxygen atoms in total. The number of aromatic nitrogens is 4. The van der Waals surface area contributed by atoms with Gasteiger partial charge in [-0.05, 0) is 61.5 Å². The zero-order valence-electron chi connectivity index (χ0n) is 21.0. The number of amides is 2. The maximum Gasteiger partial charge on any atom is 0.248 e. The summed E-state index contributed by atoms with van der Waals surface area (Å²) < 4.78 is 14.2. The predicted molar refractivity (Wildman–Crippen MR) is 140 cm³/mol. The number of halogens is 1. The van der Waals surface area contributed by atoms with E-state index in [4.69, 9.17) is 0 Å². The molecule has 0 radical (unpaired) electrons. The Bertz CT molecular complexity index is 1330. The number of nitrogens with one attached hydrogen (secondary N) is 1. The summed E-state index contributed by atoms with van der Waals surface area (Å²) in [6.45, 7) is 5.75. The molecule has 4 aromatic rings. The van der Waals surface area contributed by atoms with Crippen molar-refractivity contribution in [2.24, 2.45) is 0 Å². The maximum atomic E-state index is 14.2. The van der Waals surface area contributed by atoms with E-state index < -0.39 is 17.4 Å². The van der Waals surface area contributed by atoms with E-state index in [0.717, 1.165) is 15.2 Å². The quantitative estimate of drug-likeness (QED) is 0.356. The lowest BCUT2D eigenvalue weighted by atomic mass is 10.1. The van der Waals surface area contributed by atoms with Crippen molar-refractivity contribution in [2.75, 3.05) is 6.54 Å². The average molecular weight is 521 g/mol. The summed E-state index contributed by atoms with van der Waals surface area (Å²) in [4.78, 5) is 30.6. The Morgan fingerprint density at radius 2 is 1.78 bits per heavy atom. The van der Waals surface area contributed by atoms with Crippen molar-refractivity contribution >= 4 is 23.2 Å². The zero-order chi connectivity index (χ0) is 26.4. The molecule has 0 aliphatic heterocycles. The summed E-state index contributed by atoms with van der Waals surface area (Å²) in [5.74, 6) is -1.01. The van der Waals surface area contributed by atoms with Crippen molar-refractivity contribution in [3.8, 4) is 11.4 Å². The third kappa shape index (κ3) is 6.85. The van der Waals surface area contributed by atoms with Gasteiger partial charge in [-0.1, -0.05) is 48.5 Å². The van der Waals surface area contributed by atoms with Crippen molar-refractivity contribution < 1.29 is 14.0 Å². The van der Waals surface area contributed by atoms with Gasteiger partial charge in [0.2, 0.25) is 17.6 Å². The lowest BCUT2D eigenvalue weighted by molar-refractivity contribution is -0.142. The van der Waals surface area contributed by atoms with Crippen LogP contribution in [0.25, 0.3) is 11.4 Å². The van der Waals surface area contributed by atoms with Gasteiger partial charge >= 0.3 is 0 Å². The molecule has 4 rings (SSSR count). The molecule has 0 fully saturated rings. The van der Waals surface area contributed by atoms with Crippen LogP contribution in [0.4, 0.5) is 4.39 Å². The van der Waals surface area contributed by atoms with Gasteiger partial charge in [0.25, 0.3) is 0 Å². The molecule has 192 valence electrons. The van der Waals surface area contributed by atoms with E-state index in [2.05, 4.69) is 20.7 Å². The molecule has 0 aliphatic carbocycles. The van der Waals surface area contributed by atoms with Crippen molar-refractivity contribution in [3.05, 3.63) is 88.4 Å². The average Bonchev–Trinajstić information content (AvgIpc) is 3.54. The molecule has 2 amide bonds. The number of carbonyl (C=O) groups excluding carboxylic acids is 2. The monoisotopic (exact) mass is 520 g/mol. The fraction of sp³-hybridized carbons (Fsp3) is 0.296. The Balaban J connectivity index is 1.63. The van der Waals surface area contributed by atoms with Crippen LogP contribution in [-0.4, -0.2) is 49.0 Å². The minimum absolute atomic E-state index is 0.0852. The number of benzene rings is 2. The normalized spacial score (nSPS) is 12.2. The summed E-state index contributed by atoms with van der Waals surface area (Å²) in [7, 11) is 0. The van der Waals surface area contributed by atoms with Crippen LogP contribution in [0.3, 0.4) is 0 Å². The summed E-state index contributed by atoms with van der Waals surface area (Å²) in [5, 5.41) is 17.0. The van der Waals surface area contributed by atoms with Gasteiger partial charge in [-0.2, -0.15) is 4.80 Å². The number of hydrogen-bond acceptors (Lipinski definition) is 6. The summed E-state index contributed by atoms with van der Waals surface area (Å²) >= 11 is 1.42. The second kappa shape index (κ2) is 11.4. The van der Waals surface area contributed by atoms with Gasteiger partial charge < -0.3 is 10.2 Å². The van der Waals surface area contributed by atoms with Crippen LogP contribution >= 0.6 is 11.3 Å². The number of hydrogen-bond donors (Lipinski definition) is 1. The smallest absolute Gasteiger partial charge is 0.248 e. The molecule has 0 saturated heterocycles. The van der Waals surface area contributed by atoms with Crippen LogP contribution in [0.2, 0.25) is 0 Å². The molecule has 0 bridgehead atoms. The second-order valence-electron chi connectivity index (χ2n) is 9.60. The van der Waals surface area contributed by atoms with Crippen LogP contribution in [0.15, 0.2) is 72.1 Å². The van der Waals surface area contributed by atoms with E-state index in [1.165, 1.54) is 17.4 Å². The molecule has 0 unspecified atom stereocenters. The van der Waals surface area contributed by atoms with Gasteiger partial charge in [0, 0.05) is 17.0 Å². The third-order valence-corrected chi connectivity index (χ3v) is 6.44. The summed E-state index contributed by atoms with van der Waals surface area (Å²) in [6.07, 6.45) is 0.558. The lowest BCUT2D eigenvalue weighted by Crippen LogP contribution is -2.50. The number of nitrogens with zero attached hydrogens (tertiary/aromatic N) is 5. The molecule has 1 N–H and O–H groups in total. The molecule has 2 aromatic carbocycles. The fourth-order valence-corrected chi connectivity index (χ4v) is 4.71. The molecule has 37 heavy (non-hydrogen) atoms. The third-order valence-electron chi connectivity index (χ3n) is 5.52. The van der Waals surface area contributed by atoms with Crippen LogP contribution < -0.4 is 5.32 Å². The fourth-order valence-electron chi connectivity index (χ4n) is 3.87. The first-order chi connectivity index (χ1) is 17.7. The van der Waals surface area contributed by atoms with Gasteiger partial charge in [-0.15, -0.1) is 21.5 Å². The lowest BCUT2D eigenvalue weighted by Gasteiger charge is -2.33. The van der Waals surface area contributed by atoms with Crippen LogP contribution in [0, 0.1) is 5.82 Å². The van der Waals surface area contributed by atoms with E-state index in [1.54, 1.807) is 23.1 Å². The largest absolute Gasteiger partial charge is 0.349 e. The molecular formula is C27H29FN6O2S. The molecule has 2 heterocycles. The SMILES string of the molecule is CC(C)(C)NC(=O)[C@H](c1cccs1)N(CCc1ccccc1)C(=O)Cn1nnc(-c2ccccc2F)n1. The first kappa shape index (κ1) is 26.2. The number of thiophene rings is 1. The van der Waals surface area contributed by atoms with Crippen molar-refractivity contribution in [3.63, 3.8) is 0 Å². The Morgan fingerprint density at radius 3 is 2.46 bits per heavy atom. The highest BCUT2D eigenvalue weighted by Crippen LogP contribution is 2.27. The number of tetrazole rings is 1. The molecule has 0 spiro atoms. The van der Waals surface area contributed by atoms with Gasteiger partial charge in [0.05, 0.1) is 5.56 Å². The zero-order valence-corrected chi connectivity index (χ0v) is 21.8. The first-order valence-corrected chi connectivity index (χ1v) is 12.8. The van der Waals surface area contributed by atoms with Crippen LogP contribution in [0.1, 0.15) is 37.3 Å². The van der Waals surface area contributed by atoms with Gasteiger partial charge in [0.1, 0.15) is 18.4 Å². The van der Waals surface area contributed by atoms with Crippen LogP contribution in [-0.2, 0) is 22.6 Å². The highest BCUT2D eigenvalue weighted by Gasteiger charge is 2.34. The van der Waals surface area contributed by atoms with Crippen molar-refractivity contribution in [2.45, 2.75) is 45.3 Å². The highest BCUT2D eigenvalue weighted by atomic mass is 32.1. The van der Waals surface area contributed by atoms with E-state index >= 15 is 0 Å². The molecule has 2 aromatic heterocycles. The molecular weight excluding hydrogens is 491 g/mol. The number of carbonyl (C=O) groups is 2. The Kier molecular flexibility index (Phi) is 8.08. The second-order valence-corrected chi connectivity index (χ2v) is 10.6. The van der Waals surface area contributed by atoms with E-state index in [1.807, 2.05) is 68.6 Å². The van der Waals surface area contributed by atoms with E-state index in [0.29, 0.717) is 13.0 Å². The van der Waals surface area contributed by atoms with Gasteiger partial charge in [-0.25, -0.2) is 4.39 Å². The Morgan fingerprint density at radius 1 is 1.05 bits per heavy atom. The first-order valence-electron chi connectivity index (χ1n) is 11.9. The van der Waals surface area contributed by atoms with Crippen molar-refractivity contribution in [1.82, 2.24) is 30.4 Å². The van der Waals surface area contributed by atoms with E-state index in [-0.39, 0.29) is 29.7 Å². The topological polar surface area (TPSA) is 93.0 Å². The van der Waals surface area contributed by atoms with Crippen molar-refractivity contribution in [1.29, 1.82) is 0 Å². The molecule has 10 heteroatoms. The standard InChI is InChI=1S/C27H29FN6O2S/c1-27(2,3)29-26(36)24(22-14-9-17-37-22)33(16-15-19-10-5-4-6-11-19)23(35)18-34-31-25(30-32-34)20-12-7-8-13-21(20)28/h4-14,17,24H,15-16,18H2,1-3H3,(H,29,36)/t24-/m0/s1. The van der Waals surface area contributed by atoms with E-state index in [9.17, 15) is 14.0 Å². The molecule has 1 atom stereocenters.